The van der Waals surface area contributed by atoms with Gasteiger partial charge in [-0.2, -0.15) is 0 Å². The molecule has 0 unspecified atom stereocenters. The number of nitrogens with one attached hydrogen (secondary N) is 1. The van der Waals surface area contributed by atoms with Gasteiger partial charge in [0, 0.05) is 11.8 Å². The Hall–Kier alpha value is -1.39. The van der Waals surface area contributed by atoms with Crippen molar-refractivity contribution in [3.8, 4) is 0 Å². The van der Waals surface area contributed by atoms with Crippen molar-refractivity contribution >= 4 is 17.7 Å². The zero-order valence-electron chi connectivity index (χ0n) is 12.8. The van der Waals surface area contributed by atoms with Crippen molar-refractivity contribution in [3.63, 3.8) is 0 Å². The Kier molecular flexibility index (Phi) is 3.27. The minimum atomic E-state index is -0.559. The monoisotopic (exact) mass is 305 g/mol. The van der Waals surface area contributed by atoms with Gasteiger partial charge in [0.05, 0.1) is 0 Å². The number of rotatable bonds is 4. The second-order valence-corrected chi connectivity index (χ2v) is 7.89. The summed E-state index contributed by atoms with van der Waals surface area (Å²) in [4.78, 5) is 35.8. The van der Waals surface area contributed by atoms with E-state index < -0.39 is 12.0 Å². The van der Waals surface area contributed by atoms with Crippen LogP contribution in [-0.2, 0) is 19.1 Å². The maximum absolute atomic E-state index is 12.7. The maximum atomic E-state index is 12.7. The molecular formula is C17H23NO4. The van der Waals surface area contributed by atoms with Crippen LogP contribution in [0, 0.1) is 23.2 Å². The highest BCUT2D eigenvalue weighted by Gasteiger charge is 2.54. The van der Waals surface area contributed by atoms with Crippen LogP contribution in [0.25, 0.3) is 0 Å². The lowest BCUT2D eigenvalue weighted by atomic mass is 9.48. The Bertz CT molecular complexity index is 491. The Balaban J connectivity index is 1.36. The first-order valence-electron chi connectivity index (χ1n) is 8.53. The Morgan fingerprint density at radius 2 is 1.68 bits per heavy atom. The van der Waals surface area contributed by atoms with Crippen LogP contribution in [0.1, 0.15) is 51.4 Å². The molecule has 22 heavy (non-hydrogen) atoms. The summed E-state index contributed by atoms with van der Waals surface area (Å²) >= 11 is 0. The van der Waals surface area contributed by atoms with Gasteiger partial charge >= 0.3 is 5.97 Å². The molecule has 0 aromatic carbocycles. The van der Waals surface area contributed by atoms with Crippen molar-refractivity contribution in [1.29, 1.82) is 0 Å². The first-order valence-corrected chi connectivity index (χ1v) is 8.53. The topological polar surface area (TPSA) is 72.5 Å². The predicted molar refractivity (Wildman–Crippen MR) is 77.7 cm³/mol. The number of ketones is 1. The van der Waals surface area contributed by atoms with Gasteiger partial charge in [0.25, 0.3) is 0 Å². The molecule has 5 aliphatic rings. The molecule has 1 saturated heterocycles. The summed E-state index contributed by atoms with van der Waals surface area (Å²) in [6, 6.07) is -0.559. The quantitative estimate of drug-likeness (QED) is 0.801. The van der Waals surface area contributed by atoms with Gasteiger partial charge in [0.2, 0.25) is 5.91 Å². The van der Waals surface area contributed by atoms with Crippen LogP contribution >= 0.6 is 0 Å². The molecule has 0 aromatic rings. The van der Waals surface area contributed by atoms with Crippen molar-refractivity contribution in [3.05, 3.63) is 0 Å². The average Bonchev–Trinajstić information content (AvgIpc) is 2.89. The summed E-state index contributed by atoms with van der Waals surface area (Å²) in [7, 11) is 0. The standard InChI is InChI=1S/C17H23NO4/c19-14(9-22-16(21)13-1-2-15(20)18-13)17-6-10-3-11(7-17)5-12(4-10)8-17/h10-13H,1-9H2,(H,18,20)/t10?,11?,12?,13-,17?/m0/s1. The van der Waals surface area contributed by atoms with Crippen LogP contribution in [0.5, 0.6) is 0 Å². The third-order valence-corrected chi connectivity index (χ3v) is 6.26. The molecule has 5 rings (SSSR count). The molecule has 1 N–H and O–H groups in total. The van der Waals surface area contributed by atoms with E-state index >= 15 is 0 Å². The zero-order chi connectivity index (χ0) is 15.3. The Morgan fingerprint density at radius 1 is 1.09 bits per heavy atom. The summed E-state index contributed by atoms with van der Waals surface area (Å²) in [5, 5.41) is 2.59. The fourth-order valence-corrected chi connectivity index (χ4v) is 5.63. The van der Waals surface area contributed by atoms with Crippen LogP contribution in [-0.4, -0.2) is 30.3 Å². The minimum Gasteiger partial charge on any atom is -0.456 e. The number of carbonyl (C=O) groups is 3. The van der Waals surface area contributed by atoms with E-state index in [2.05, 4.69) is 5.32 Å². The first kappa shape index (κ1) is 14.2. The van der Waals surface area contributed by atoms with Crippen LogP contribution in [0.2, 0.25) is 0 Å². The van der Waals surface area contributed by atoms with Crippen molar-refractivity contribution in [2.24, 2.45) is 23.2 Å². The van der Waals surface area contributed by atoms with E-state index in [1.807, 2.05) is 0 Å². The molecule has 4 saturated carbocycles. The third kappa shape index (κ3) is 2.34. The highest BCUT2D eigenvalue weighted by molar-refractivity contribution is 5.91. The van der Waals surface area contributed by atoms with Crippen molar-refractivity contribution in [1.82, 2.24) is 5.32 Å². The molecule has 1 aliphatic heterocycles. The molecule has 0 spiro atoms. The number of esters is 1. The Morgan fingerprint density at radius 3 is 2.18 bits per heavy atom. The largest absolute Gasteiger partial charge is 0.456 e. The fraction of sp³-hybridized carbons (Fsp3) is 0.824. The summed E-state index contributed by atoms with van der Waals surface area (Å²) in [6.45, 7) is -0.114. The molecule has 0 radical (unpaired) electrons. The molecule has 1 amide bonds. The van der Waals surface area contributed by atoms with Crippen LogP contribution < -0.4 is 5.32 Å². The van der Waals surface area contributed by atoms with Gasteiger partial charge in [-0.05, 0) is 62.7 Å². The summed E-state index contributed by atoms with van der Waals surface area (Å²) in [6.07, 6.45) is 7.70. The lowest BCUT2D eigenvalue weighted by Gasteiger charge is -2.55. The van der Waals surface area contributed by atoms with Gasteiger partial charge in [-0.15, -0.1) is 0 Å². The van der Waals surface area contributed by atoms with Gasteiger partial charge in [-0.25, -0.2) is 4.79 Å². The molecule has 5 fully saturated rings. The molecule has 1 heterocycles. The van der Waals surface area contributed by atoms with Gasteiger partial charge in [-0.3, -0.25) is 9.59 Å². The smallest absolute Gasteiger partial charge is 0.329 e. The number of Topliss-reactive ketones (excluding diaryl/α,β-unsaturated/α-hetero) is 1. The van der Waals surface area contributed by atoms with Crippen molar-refractivity contribution < 1.29 is 19.1 Å². The Labute approximate surface area is 130 Å². The van der Waals surface area contributed by atoms with E-state index in [-0.39, 0.29) is 23.7 Å². The fourth-order valence-electron chi connectivity index (χ4n) is 5.63. The van der Waals surface area contributed by atoms with E-state index in [1.54, 1.807) is 0 Å². The van der Waals surface area contributed by atoms with E-state index in [0.29, 0.717) is 30.6 Å². The summed E-state index contributed by atoms with van der Waals surface area (Å²) < 4.78 is 5.22. The second-order valence-electron chi connectivity index (χ2n) is 7.89. The SMILES string of the molecule is O=C1CC[C@@H](C(=O)OCC(=O)C23CC4CC(CC(C4)C2)C3)N1. The molecule has 5 heteroatoms. The highest BCUT2D eigenvalue weighted by Crippen LogP contribution is 2.60. The van der Waals surface area contributed by atoms with Gasteiger partial charge in [-0.1, -0.05) is 0 Å². The molecule has 4 bridgehead atoms. The van der Waals surface area contributed by atoms with Gasteiger partial charge < -0.3 is 10.1 Å². The van der Waals surface area contributed by atoms with Gasteiger partial charge in [0.15, 0.2) is 12.4 Å². The average molecular weight is 305 g/mol. The predicted octanol–water partition coefficient (Wildman–Crippen LogP) is 1.59. The zero-order valence-corrected chi connectivity index (χ0v) is 12.8. The van der Waals surface area contributed by atoms with Crippen LogP contribution in [0.4, 0.5) is 0 Å². The van der Waals surface area contributed by atoms with E-state index in [1.165, 1.54) is 19.3 Å². The third-order valence-electron chi connectivity index (χ3n) is 6.26. The van der Waals surface area contributed by atoms with Crippen LogP contribution in [0.3, 0.4) is 0 Å². The molecule has 1 atom stereocenters. The molecular weight excluding hydrogens is 282 g/mol. The number of amides is 1. The van der Waals surface area contributed by atoms with E-state index in [9.17, 15) is 14.4 Å². The second kappa shape index (κ2) is 5.07. The number of carbonyl (C=O) groups excluding carboxylic acids is 3. The molecule has 4 aliphatic carbocycles. The van der Waals surface area contributed by atoms with E-state index in [4.69, 9.17) is 4.74 Å². The normalized spacial score (nSPS) is 42.3. The van der Waals surface area contributed by atoms with Crippen molar-refractivity contribution in [2.75, 3.05) is 6.61 Å². The summed E-state index contributed by atoms with van der Waals surface area (Å²) in [5.41, 5.74) is -0.214. The summed E-state index contributed by atoms with van der Waals surface area (Å²) in [5.74, 6) is 1.67. The maximum Gasteiger partial charge on any atom is 0.329 e. The number of ether oxygens (including phenoxy) is 1. The van der Waals surface area contributed by atoms with E-state index in [0.717, 1.165) is 19.3 Å². The number of hydrogen-bond acceptors (Lipinski definition) is 4. The lowest BCUT2D eigenvalue weighted by molar-refractivity contribution is -0.158. The lowest BCUT2D eigenvalue weighted by Crippen LogP contribution is -2.51. The first-order chi connectivity index (χ1) is 10.5. The molecule has 5 nitrogen and oxygen atoms in total. The minimum absolute atomic E-state index is 0.114. The number of hydrogen-bond donors (Lipinski definition) is 1. The van der Waals surface area contributed by atoms with Crippen molar-refractivity contribution in [2.45, 2.75) is 57.4 Å². The molecule has 120 valence electrons. The van der Waals surface area contributed by atoms with Crippen LogP contribution in [0.15, 0.2) is 0 Å². The highest BCUT2D eigenvalue weighted by atomic mass is 16.5. The van der Waals surface area contributed by atoms with Gasteiger partial charge in [0.1, 0.15) is 6.04 Å². The molecule has 0 aromatic heterocycles.